The third-order valence-electron chi connectivity index (χ3n) is 6.23. The maximum absolute atomic E-state index is 13.7. The van der Waals surface area contributed by atoms with Crippen LogP contribution < -0.4 is 4.74 Å². The van der Waals surface area contributed by atoms with Gasteiger partial charge >= 0.3 is 0 Å². The van der Waals surface area contributed by atoms with Crippen molar-refractivity contribution >= 4 is 34.8 Å². The molecule has 0 aliphatic carbocycles. The average Bonchev–Trinajstić information content (AvgIpc) is 3.58. The van der Waals surface area contributed by atoms with Crippen LogP contribution >= 0.6 is 22.9 Å². The topological polar surface area (TPSA) is 63.0 Å². The molecule has 4 aromatic rings. The summed E-state index contributed by atoms with van der Waals surface area (Å²) in [5, 5.41) is 2.44. The Labute approximate surface area is 222 Å². The highest BCUT2D eigenvalue weighted by atomic mass is 35.5. The molecule has 0 unspecified atom stereocenters. The Kier molecular flexibility index (Phi) is 7.58. The van der Waals surface area contributed by atoms with Crippen molar-refractivity contribution in [2.75, 3.05) is 19.7 Å². The lowest BCUT2D eigenvalue weighted by Crippen LogP contribution is -2.47. The van der Waals surface area contributed by atoms with Crippen LogP contribution in [0.4, 0.5) is 4.39 Å². The fourth-order valence-corrected chi connectivity index (χ4v) is 5.57. The third-order valence-corrected chi connectivity index (χ3v) is 7.46. The number of thiophene rings is 1. The Morgan fingerprint density at radius 1 is 1.14 bits per heavy atom. The SMILES string of the molecule is O=C(c1cccc(Cl)c1)N(CC(=O)N1CCc2sccc2[C@H]1COc1cccc(F)c1)Cc1ccco1. The molecular weight excluding hydrogens is 515 g/mol. The molecular formula is C28H24ClFN2O4S. The molecule has 5 rings (SSSR count). The number of carbonyl (C=O) groups excluding carboxylic acids is 2. The monoisotopic (exact) mass is 538 g/mol. The van der Waals surface area contributed by atoms with Gasteiger partial charge in [-0.15, -0.1) is 11.3 Å². The van der Waals surface area contributed by atoms with Gasteiger partial charge in [-0.05, 0) is 65.9 Å². The molecule has 2 amide bonds. The second kappa shape index (κ2) is 11.2. The fourth-order valence-electron chi connectivity index (χ4n) is 4.45. The zero-order chi connectivity index (χ0) is 25.8. The van der Waals surface area contributed by atoms with Gasteiger partial charge < -0.3 is 19.0 Å². The average molecular weight is 539 g/mol. The lowest BCUT2D eigenvalue weighted by molar-refractivity contribution is -0.135. The number of hydrogen-bond donors (Lipinski definition) is 0. The number of amides is 2. The van der Waals surface area contributed by atoms with Crippen molar-refractivity contribution in [2.24, 2.45) is 0 Å². The first kappa shape index (κ1) is 25.0. The highest BCUT2D eigenvalue weighted by molar-refractivity contribution is 7.10. The lowest BCUT2D eigenvalue weighted by Gasteiger charge is -2.37. The normalized spacial score (nSPS) is 14.8. The van der Waals surface area contributed by atoms with Gasteiger partial charge in [-0.3, -0.25) is 9.59 Å². The second-order valence-corrected chi connectivity index (χ2v) is 10.1. The van der Waals surface area contributed by atoms with Crippen molar-refractivity contribution in [1.29, 1.82) is 0 Å². The first-order valence-electron chi connectivity index (χ1n) is 11.8. The summed E-state index contributed by atoms with van der Waals surface area (Å²) < 4.78 is 25.0. The summed E-state index contributed by atoms with van der Waals surface area (Å²) in [6.45, 7) is 0.636. The molecule has 0 fully saturated rings. The van der Waals surface area contributed by atoms with E-state index in [1.54, 1.807) is 64.8 Å². The number of ether oxygens (including phenoxy) is 1. The van der Waals surface area contributed by atoms with Crippen molar-refractivity contribution in [1.82, 2.24) is 9.80 Å². The van der Waals surface area contributed by atoms with E-state index >= 15 is 0 Å². The molecule has 6 nitrogen and oxygen atoms in total. The van der Waals surface area contributed by atoms with Gasteiger partial charge in [0.15, 0.2) is 0 Å². The summed E-state index contributed by atoms with van der Waals surface area (Å²) in [7, 11) is 0. The van der Waals surface area contributed by atoms with Crippen LogP contribution in [0.2, 0.25) is 5.02 Å². The van der Waals surface area contributed by atoms with Gasteiger partial charge in [0.25, 0.3) is 5.91 Å². The second-order valence-electron chi connectivity index (χ2n) is 8.67. The van der Waals surface area contributed by atoms with Crippen LogP contribution in [0.3, 0.4) is 0 Å². The van der Waals surface area contributed by atoms with E-state index in [-0.39, 0.29) is 37.6 Å². The summed E-state index contributed by atoms with van der Waals surface area (Å²) in [4.78, 5) is 31.5. The summed E-state index contributed by atoms with van der Waals surface area (Å²) in [6.07, 6.45) is 2.25. The van der Waals surface area contributed by atoms with E-state index in [1.807, 2.05) is 11.4 Å². The Morgan fingerprint density at radius 2 is 2.00 bits per heavy atom. The maximum atomic E-state index is 13.7. The molecule has 2 aromatic carbocycles. The molecule has 1 aliphatic heterocycles. The number of furan rings is 1. The Hall–Kier alpha value is -3.62. The van der Waals surface area contributed by atoms with Crippen LogP contribution in [0.15, 0.2) is 82.8 Å². The smallest absolute Gasteiger partial charge is 0.254 e. The lowest BCUT2D eigenvalue weighted by atomic mass is 10.0. The van der Waals surface area contributed by atoms with E-state index in [0.29, 0.717) is 28.6 Å². The number of carbonyl (C=O) groups is 2. The van der Waals surface area contributed by atoms with E-state index < -0.39 is 5.82 Å². The van der Waals surface area contributed by atoms with Crippen molar-refractivity contribution in [3.05, 3.63) is 111 Å². The molecule has 190 valence electrons. The quantitative estimate of drug-likeness (QED) is 0.277. The van der Waals surface area contributed by atoms with Gasteiger partial charge in [0.05, 0.1) is 18.8 Å². The van der Waals surface area contributed by atoms with Crippen molar-refractivity contribution in [3.8, 4) is 5.75 Å². The first-order valence-corrected chi connectivity index (χ1v) is 13.0. The van der Waals surface area contributed by atoms with Gasteiger partial charge in [0.2, 0.25) is 5.91 Å². The molecule has 3 heterocycles. The van der Waals surface area contributed by atoms with Gasteiger partial charge in [-0.2, -0.15) is 0 Å². The van der Waals surface area contributed by atoms with Crippen LogP contribution in [0, 0.1) is 5.82 Å². The number of fused-ring (bicyclic) bond motifs is 1. The predicted octanol–water partition coefficient (Wildman–Crippen LogP) is 5.98. The number of nitrogens with zero attached hydrogens (tertiary/aromatic N) is 2. The van der Waals surface area contributed by atoms with Crippen LogP contribution in [-0.4, -0.2) is 41.3 Å². The van der Waals surface area contributed by atoms with E-state index in [1.165, 1.54) is 28.2 Å². The van der Waals surface area contributed by atoms with Gasteiger partial charge in [0, 0.05) is 28.1 Å². The highest BCUT2D eigenvalue weighted by Crippen LogP contribution is 2.34. The molecule has 37 heavy (non-hydrogen) atoms. The molecule has 0 radical (unpaired) electrons. The molecule has 0 saturated carbocycles. The molecule has 0 saturated heterocycles. The molecule has 1 atom stereocenters. The van der Waals surface area contributed by atoms with E-state index in [4.69, 9.17) is 20.8 Å². The van der Waals surface area contributed by atoms with E-state index in [2.05, 4.69) is 0 Å². The Bertz CT molecular complexity index is 1390. The van der Waals surface area contributed by atoms with Crippen LogP contribution in [0.1, 0.15) is 32.6 Å². The van der Waals surface area contributed by atoms with E-state index in [0.717, 1.165) is 12.0 Å². The van der Waals surface area contributed by atoms with Gasteiger partial charge in [-0.1, -0.05) is 23.7 Å². The summed E-state index contributed by atoms with van der Waals surface area (Å²) in [6, 6.07) is 17.7. The first-order chi connectivity index (χ1) is 18.0. The van der Waals surface area contributed by atoms with Crippen LogP contribution in [0.25, 0.3) is 0 Å². The minimum Gasteiger partial charge on any atom is -0.491 e. The zero-order valence-corrected chi connectivity index (χ0v) is 21.4. The molecule has 2 aromatic heterocycles. The Morgan fingerprint density at radius 3 is 2.78 bits per heavy atom. The largest absolute Gasteiger partial charge is 0.491 e. The number of hydrogen-bond acceptors (Lipinski definition) is 5. The Balaban J connectivity index is 1.38. The van der Waals surface area contributed by atoms with Crippen molar-refractivity contribution in [2.45, 2.75) is 19.0 Å². The summed E-state index contributed by atoms with van der Waals surface area (Å²) >= 11 is 7.76. The third kappa shape index (κ3) is 5.87. The minimum absolute atomic E-state index is 0.131. The fraction of sp³-hybridized carbons (Fsp3) is 0.214. The predicted molar refractivity (Wildman–Crippen MR) is 139 cm³/mol. The number of benzene rings is 2. The van der Waals surface area contributed by atoms with Gasteiger partial charge in [-0.25, -0.2) is 4.39 Å². The van der Waals surface area contributed by atoms with Crippen LogP contribution in [0.5, 0.6) is 5.75 Å². The van der Waals surface area contributed by atoms with Crippen molar-refractivity contribution < 1.29 is 23.1 Å². The van der Waals surface area contributed by atoms with E-state index in [9.17, 15) is 14.0 Å². The van der Waals surface area contributed by atoms with Gasteiger partial charge in [0.1, 0.15) is 30.5 Å². The maximum Gasteiger partial charge on any atom is 0.254 e. The molecule has 1 aliphatic rings. The molecule has 0 N–H and O–H groups in total. The zero-order valence-electron chi connectivity index (χ0n) is 19.8. The summed E-state index contributed by atoms with van der Waals surface area (Å²) in [5.41, 5.74) is 1.40. The summed E-state index contributed by atoms with van der Waals surface area (Å²) in [5.74, 6) is 0.0244. The molecule has 0 bridgehead atoms. The minimum atomic E-state index is -0.390. The number of halogens is 2. The highest BCUT2D eigenvalue weighted by Gasteiger charge is 2.34. The van der Waals surface area contributed by atoms with Crippen molar-refractivity contribution in [3.63, 3.8) is 0 Å². The molecule has 0 spiro atoms. The molecule has 9 heteroatoms. The van der Waals surface area contributed by atoms with Crippen LogP contribution in [-0.2, 0) is 17.8 Å². The standard InChI is InChI=1S/C28H24ClFN2O4S/c29-20-5-1-4-19(14-20)28(34)31(16-23-8-3-12-35-23)17-27(33)32-11-9-26-24(10-13-37-26)25(32)18-36-22-7-2-6-21(30)15-22/h1-8,10,12-15,25H,9,11,16-18H2/t25-/m1/s1. The number of rotatable bonds is 8.